The predicted octanol–water partition coefficient (Wildman–Crippen LogP) is 3.50. The fourth-order valence-corrected chi connectivity index (χ4v) is 2.82. The molecule has 31 heavy (non-hydrogen) atoms. The van der Waals surface area contributed by atoms with Crippen molar-refractivity contribution in [1.82, 2.24) is 15.1 Å². The Bertz CT molecular complexity index is 883. The Morgan fingerprint density at radius 1 is 1.13 bits per heavy atom. The standard InChI is InChI=1S/C19H19F3N4O5/c20-19(21,22)30-15-3-1-13(2-4-15)7-10-23-31-17-6-5-16(24-25-17)29-14-8-11-26(12-9-14)18(27)28/h1-6,10,14H,7-9,11-12H2,(H,27,28). The van der Waals surface area contributed by atoms with E-state index in [-0.39, 0.29) is 17.7 Å². The third kappa shape index (κ3) is 7.32. The molecule has 0 saturated carbocycles. The summed E-state index contributed by atoms with van der Waals surface area (Å²) in [5, 5.41) is 20.4. The van der Waals surface area contributed by atoms with Crippen molar-refractivity contribution in [2.24, 2.45) is 5.16 Å². The third-order valence-corrected chi connectivity index (χ3v) is 4.32. The van der Waals surface area contributed by atoms with E-state index in [2.05, 4.69) is 20.1 Å². The number of piperidine rings is 1. The van der Waals surface area contributed by atoms with E-state index in [9.17, 15) is 18.0 Å². The minimum atomic E-state index is -4.73. The van der Waals surface area contributed by atoms with E-state index in [0.29, 0.717) is 43.8 Å². The summed E-state index contributed by atoms with van der Waals surface area (Å²) in [6.45, 7) is 0.808. The van der Waals surface area contributed by atoms with Gasteiger partial charge in [-0.15, -0.1) is 23.4 Å². The molecule has 1 aromatic carbocycles. The van der Waals surface area contributed by atoms with E-state index in [1.165, 1.54) is 41.4 Å². The van der Waals surface area contributed by atoms with Crippen molar-refractivity contribution >= 4 is 12.3 Å². The number of amides is 1. The molecule has 0 atom stereocenters. The second-order valence-electron chi connectivity index (χ2n) is 6.57. The summed E-state index contributed by atoms with van der Waals surface area (Å²) in [6.07, 6.45) is -2.90. The lowest BCUT2D eigenvalue weighted by Crippen LogP contribution is -2.41. The zero-order valence-corrected chi connectivity index (χ0v) is 16.2. The Kier molecular flexibility index (Phi) is 7.11. The van der Waals surface area contributed by atoms with Gasteiger partial charge in [-0.3, -0.25) is 0 Å². The Morgan fingerprint density at radius 2 is 1.77 bits per heavy atom. The molecule has 0 aliphatic carbocycles. The highest BCUT2D eigenvalue weighted by molar-refractivity contribution is 5.65. The lowest BCUT2D eigenvalue weighted by atomic mass is 10.1. The minimum absolute atomic E-state index is 0.136. The molecule has 2 heterocycles. The summed E-state index contributed by atoms with van der Waals surface area (Å²) in [4.78, 5) is 17.3. The number of hydrogen-bond donors (Lipinski definition) is 1. The first kappa shape index (κ1) is 22.1. The summed E-state index contributed by atoms with van der Waals surface area (Å²) < 4.78 is 45.9. The highest BCUT2D eigenvalue weighted by Gasteiger charge is 2.30. The summed E-state index contributed by atoms with van der Waals surface area (Å²) in [5.41, 5.74) is 0.714. The number of oxime groups is 1. The number of benzene rings is 1. The molecule has 0 bridgehead atoms. The van der Waals surface area contributed by atoms with Crippen LogP contribution in [0.1, 0.15) is 18.4 Å². The highest BCUT2D eigenvalue weighted by Crippen LogP contribution is 2.23. The summed E-state index contributed by atoms with van der Waals surface area (Å²) >= 11 is 0. The number of ether oxygens (including phenoxy) is 2. The second-order valence-corrected chi connectivity index (χ2v) is 6.57. The van der Waals surface area contributed by atoms with Gasteiger partial charge in [-0.1, -0.05) is 17.3 Å². The SMILES string of the molecule is O=C(O)N1CCC(Oc2ccc(ON=CCc3ccc(OC(F)(F)F)cc3)nn2)CC1. The van der Waals surface area contributed by atoms with Crippen molar-refractivity contribution in [1.29, 1.82) is 0 Å². The molecule has 1 fully saturated rings. The van der Waals surface area contributed by atoms with Crippen LogP contribution in [-0.2, 0) is 6.42 Å². The van der Waals surface area contributed by atoms with Gasteiger partial charge in [0.1, 0.15) is 11.9 Å². The van der Waals surface area contributed by atoms with Crippen LogP contribution in [0.15, 0.2) is 41.6 Å². The van der Waals surface area contributed by atoms with Crippen LogP contribution < -0.4 is 14.3 Å². The number of rotatable bonds is 7. The fraction of sp³-hybridized carbons (Fsp3) is 0.368. The van der Waals surface area contributed by atoms with Crippen molar-refractivity contribution in [3.63, 3.8) is 0 Å². The first-order chi connectivity index (χ1) is 14.8. The maximum Gasteiger partial charge on any atom is 0.573 e. The van der Waals surface area contributed by atoms with E-state index < -0.39 is 12.5 Å². The first-order valence-electron chi connectivity index (χ1n) is 9.30. The van der Waals surface area contributed by atoms with Crippen LogP contribution in [-0.4, -0.2) is 58.1 Å². The molecular formula is C19H19F3N4O5. The van der Waals surface area contributed by atoms with Crippen molar-refractivity contribution in [3.8, 4) is 17.5 Å². The van der Waals surface area contributed by atoms with Crippen LogP contribution >= 0.6 is 0 Å². The quantitative estimate of drug-likeness (QED) is 0.519. The van der Waals surface area contributed by atoms with Gasteiger partial charge in [0.25, 0.3) is 5.88 Å². The Morgan fingerprint density at radius 3 is 2.35 bits per heavy atom. The number of halogens is 3. The van der Waals surface area contributed by atoms with Crippen LogP contribution in [0, 0.1) is 0 Å². The predicted molar refractivity (Wildman–Crippen MR) is 101 cm³/mol. The Hall–Kier alpha value is -3.57. The molecule has 1 saturated heterocycles. The molecule has 2 aromatic rings. The van der Waals surface area contributed by atoms with Crippen molar-refractivity contribution in [3.05, 3.63) is 42.0 Å². The lowest BCUT2D eigenvalue weighted by molar-refractivity contribution is -0.274. The molecule has 1 aromatic heterocycles. The molecule has 12 heteroatoms. The molecule has 1 aliphatic heterocycles. The lowest BCUT2D eigenvalue weighted by Gasteiger charge is -2.29. The Labute approximate surface area is 175 Å². The number of nitrogens with zero attached hydrogens (tertiary/aromatic N) is 4. The highest BCUT2D eigenvalue weighted by atomic mass is 19.4. The number of carbonyl (C=O) groups is 1. The van der Waals surface area contributed by atoms with E-state index in [1.54, 1.807) is 6.07 Å². The third-order valence-electron chi connectivity index (χ3n) is 4.32. The molecule has 0 spiro atoms. The van der Waals surface area contributed by atoms with Crippen LogP contribution in [0.25, 0.3) is 0 Å². The van der Waals surface area contributed by atoms with Gasteiger partial charge in [0, 0.05) is 50.7 Å². The smallest absolute Gasteiger partial charge is 0.473 e. The topological polar surface area (TPSA) is 106 Å². The van der Waals surface area contributed by atoms with Gasteiger partial charge >= 0.3 is 12.5 Å². The van der Waals surface area contributed by atoms with Crippen LogP contribution in [0.5, 0.6) is 17.5 Å². The van der Waals surface area contributed by atoms with Gasteiger partial charge in [0.05, 0.1) is 0 Å². The van der Waals surface area contributed by atoms with Gasteiger partial charge in [-0.2, -0.15) is 0 Å². The van der Waals surface area contributed by atoms with Crippen molar-refractivity contribution in [2.45, 2.75) is 31.7 Å². The zero-order chi connectivity index (χ0) is 22.3. The molecular weight excluding hydrogens is 421 g/mol. The van der Waals surface area contributed by atoms with E-state index in [1.807, 2.05) is 0 Å². The Balaban J connectivity index is 1.41. The monoisotopic (exact) mass is 440 g/mol. The number of carboxylic acid groups (broad SMARTS) is 1. The van der Waals surface area contributed by atoms with Crippen LogP contribution in [0.3, 0.4) is 0 Å². The number of alkyl halides is 3. The van der Waals surface area contributed by atoms with Crippen molar-refractivity contribution in [2.75, 3.05) is 13.1 Å². The van der Waals surface area contributed by atoms with Gasteiger partial charge in [-0.25, -0.2) is 4.79 Å². The summed E-state index contributed by atoms with van der Waals surface area (Å²) in [6, 6.07) is 8.50. The average molecular weight is 440 g/mol. The van der Waals surface area contributed by atoms with E-state index >= 15 is 0 Å². The second kappa shape index (κ2) is 9.96. The fourth-order valence-electron chi connectivity index (χ4n) is 2.82. The largest absolute Gasteiger partial charge is 0.573 e. The number of aromatic nitrogens is 2. The van der Waals surface area contributed by atoms with Gasteiger partial charge in [0.15, 0.2) is 0 Å². The summed E-state index contributed by atoms with van der Waals surface area (Å²) in [5.74, 6) is 0.138. The molecule has 166 valence electrons. The van der Waals surface area contributed by atoms with Gasteiger partial charge < -0.3 is 24.3 Å². The maximum absolute atomic E-state index is 12.1. The molecule has 0 radical (unpaired) electrons. The average Bonchev–Trinajstić information content (AvgIpc) is 2.73. The number of hydrogen-bond acceptors (Lipinski definition) is 7. The molecule has 9 nitrogen and oxygen atoms in total. The molecule has 1 N–H and O–H groups in total. The number of likely N-dealkylation sites (tertiary alicyclic amines) is 1. The normalized spacial score (nSPS) is 15.1. The molecule has 1 aliphatic rings. The van der Waals surface area contributed by atoms with Gasteiger partial charge in [-0.05, 0) is 17.7 Å². The van der Waals surface area contributed by atoms with Crippen LogP contribution in [0.4, 0.5) is 18.0 Å². The zero-order valence-electron chi connectivity index (χ0n) is 16.2. The maximum atomic E-state index is 12.1. The molecule has 0 unspecified atom stereocenters. The van der Waals surface area contributed by atoms with E-state index in [0.717, 1.165) is 0 Å². The minimum Gasteiger partial charge on any atom is -0.473 e. The van der Waals surface area contributed by atoms with Crippen molar-refractivity contribution < 1.29 is 37.4 Å². The molecule has 1 amide bonds. The summed E-state index contributed by atoms with van der Waals surface area (Å²) in [7, 11) is 0. The van der Waals surface area contributed by atoms with Crippen LogP contribution in [0.2, 0.25) is 0 Å². The first-order valence-corrected chi connectivity index (χ1v) is 9.30. The van der Waals surface area contributed by atoms with Gasteiger partial charge in [0.2, 0.25) is 5.88 Å². The van der Waals surface area contributed by atoms with E-state index in [4.69, 9.17) is 14.7 Å². The molecule has 3 rings (SSSR count).